The highest BCUT2D eigenvalue weighted by Crippen LogP contribution is 2.63. The van der Waals surface area contributed by atoms with Crippen LogP contribution in [0.1, 0.15) is 68.3 Å². The number of ether oxygens (including phenoxy) is 3. The summed E-state index contributed by atoms with van der Waals surface area (Å²) in [5.41, 5.74) is 1.27. The fourth-order valence-corrected chi connectivity index (χ4v) is 5.95. The van der Waals surface area contributed by atoms with Crippen LogP contribution in [0.3, 0.4) is 0 Å². The van der Waals surface area contributed by atoms with Gasteiger partial charge in [-0.3, -0.25) is 0 Å². The first kappa shape index (κ1) is 18.1. The third-order valence-corrected chi connectivity index (χ3v) is 7.75. The van der Waals surface area contributed by atoms with Gasteiger partial charge in [-0.25, -0.2) is 4.79 Å². The first-order chi connectivity index (χ1) is 13.8. The first-order valence-corrected chi connectivity index (χ1v) is 10.8. The van der Waals surface area contributed by atoms with Gasteiger partial charge >= 0.3 is 13.1 Å². The number of cyclic esters (lactones) is 1. The van der Waals surface area contributed by atoms with Crippen LogP contribution in [0.25, 0.3) is 0 Å². The van der Waals surface area contributed by atoms with Crippen molar-refractivity contribution in [2.24, 2.45) is 11.8 Å². The Hall–Kier alpha value is -1.73. The Balaban J connectivity index is 1.29. The molecule has 0 amide bonds. The number of hydrogen-bond acceptors (Lipinski definition) is 6. The van der Waals surface area contributed by atoms with Crippen LogP contribution in [-0.4, -0.2) is 37.7 Å². The van der Waals surface area contributed by atoms with E-state index in [1.165, 1.54) is 12.8 Å². The quantitative estimate of drug-likeness (QED) is 0.568. The summed E-state index contributed by atoms with van der Waals surface area (Å²) in [6.07, 6.45) is 4.89. The zero-order valence-electron chi connectivity index (χ0n) is 17.4. The number of hydrogen-bond donors (Lipinski definition) is 0. The summed E-state index contributed by atoms with van der Waals surface area (Å²) in [5.74, 6) is 1.66. The maximum absolute atomic E-state index is 12.6. The van der Waals surface area contributed by atoms with Crippen molar-refractivity contribution in [1.29, 1.82) is 0 Å². The van der Waals surface area contributed by atoms with E-state index in [1.54, 1.807) is 21.0 Å². The van der Waals surface area contributed by atoms with E-state index in [9.17, 15) is 4.79 Å². The zero-order valence-corrected chi connectivity index (χ0v) is 17.4. The number of carbonyl (C=O) groups is 1. The highest BCUT2D eigenvalue weighted by Gasteiger charge is 2.65. The van der Waals surface area contributed by atoms with E-state index in [-0.39, 0.29) is 30.6 Å². The summed E-state index contributed by atoms with van der Waals surface area (Å²) in [5, 5.41) is 0. The van der Waals surface area contributed by atoms with Crippen molar-refractivity contribution in [2.45, 2.75) is 75.7 Å². The molecule has 5 fully saturated rings. The van der Waals surface area contributed by atoms with Crippen molar-refractivity contribution in [3.63, 3.8) is 0 Å². The molecule has 7 rings (SSSR count). The minimum Gasteiger partial charge on any atom is -0.496 e. The highest BCUT2D eigenvalue weighted by atomic mass is 16.7. The fourth-order valence-electron chi connectivity index (χ4n) is 5.95. The van der Waals surface area contributed by atoms with Gasteiger partial charge in [0.25, 0.3) is 0 Å². The van der Waals surface area contributed by atoms with Gasteiger partial charge in [-0.05, 0) is 62.0 Å². The average molecular weight is 398 g/mol. The molecule has 2 aliphatic heterocycles. The number of rotatable bonds is 3. The van der Waals surface area contributed by atoms with Gasteiger partial charge in [-0.1, -0.05) is 6.07 Å². The van der Waals surface area contributed by atoms with Gasteiger partial charge in [0.1, 0.15) is 17.1 Å². The predicted octanol–water partition coefficient (Wildman–Crippen LogP) is 3.93. The molecule has 0 N–H and O–H groups in total. The van der Waals surface area contributed by atoms with Crippen molar-refractivity contribution in [1.82, 2.24) is 0 Å². The third kappa shape index (κ3) is 2.53. The van der Waals surface area contributed by atoms with Crippen molar-refractivity contribution in [3.8, 4) is 11.5 Å². The maximum Gasteiger partial charge on any atom is 0.461 e. The molecule has 4 aliphatic carbocycles. The Bertz CT molecular complexity index is 894. The van der Waals surface area contributed by atoms with E-state index in [0.29, 0.717) is 23.0 Å². The highest BCUT2D eigenvalue weighted by molar-refractivity contribution is 6.49. The van der Waals surface area contributed by atoms with Crippen LogP contribution in [0.15, 0.2) is 12.1 Å². The van der Waals surface area contributed by atoms with E-state index in [4.69, 9.17) is 23.5 Å². The molecule has 0 radical (unpaired) electrons. The lowest BCUT2D eigenvalue weighted by molar-refractivity contribution is -0.128. The van der Waals surface area contributed by atoms with Gasteiger partial charge < -0.3 is 23.5 Å². The topological polar surface area (TPSA) is 63.2 Å². The van der Waals surface area contributed by atoms with Crippen LogP contribution >= 0.6 is 0 Å². The lowest BCUT2D eigenvalue weighted by Crippen LogP contribution is -2.56. The van der Waals surface area contributed by atoms with Gasteiger partial charge in [-0.2, -0.15) is 0 Å². The van der Waals surface area contributed by atoms with Crippen molar-refractivity contribution < 1.29 is 28.3 Å². The molecule has 2 heterocycles. The van der Waals surface area contributed by atoms with Crippen LogP contribution in [0.5, 0.6) is 11.5 Å². The van der Waals surface area contributed by atoms with E-state index in [2.05, 4.69) is 6.92 Å². The summed E-state index contributed by atoms with van der Waals surface area (Å²) in [6.45, 7) is 5.75. The monoisotopic (exact) mass is 398 g/mol. The van der Waals surface area contributed by atoms with Gasteiger partial charge in [0.05, 0.1) is 18.8 Å². The van der Waals surface area contributed by atoms with Crippen molar-refractivity contribution in [3.05, 3.63) is 23.3 Å². The standard InChI is InChI=1S/C22H27BO6/c1-21(2)26-19-13(5-6-16(25-4)18(19)20(24)27-21)14-10-15(14)23-28-17-9-11-7-12(8-11)22(17,3)29-23/h5-6,11-12,14-15,17H,7-10H2,1-4H3/t11?,12?,14-,15-,17?,22-/m1/s1. The Labute approximate surface area is 171 Å². The van der Waals surface area contributed by atoms with Crippen molar-refractivity contribution >= 4 is 13.1 Å². The molecular weight excluding hydrogens is 371 g/mol. The molecule has 4 atom stereocenters. The molecule has 1 unspecified atom stereocenters. The molecule has 2 bridgehead atoms. The zero-order chi connectivity index (χ0) is 20.1. The molecule has 154 valence electrons. The molecule has 1 saturated heterocycles. The van der Waals surface area contributed by atoms with E-state index < -0.39 is 11.8 Å². The number of benzene rings is 1. The summed E-state index contributed by atoms with van der Waals surface area (Å²) in [6, 6.07) is 3.84. The van der Waals surface area contributed by atoms with Crippen molar-refractivity contribution in [2.75, 3.05) is 7.11 Å². The number of carbonyl (C=O) groups excluding carboxylic acids is 1. The van der Waals surface area contributed by atoms with Gasteiger partial charge in [0.15, 0.2) is 0 Å². The predicted molar refractivity (Wildman–Crippen MR) is 105 cm³/mol. The third-order valence-electron chi connectivity index (χ3n) is 7.75. The molecule has 0 aromatic heterocycles. The first-order valence-electron chi connectivity index (χ1n) is 10.8. The van der Waals surface area contributed by atoms with Crippen LogP contribution < -0.4 is 9.47 Å². The Morgan fingerprint density at radius 2 is 1.90 bits per heavy atom. The summed E-state index contributed by atoms with van der Waals surface area (Å²) in [4.78, 5) is 12.6. The minimum absolute atomic E-state index is 0.131. The summed E-state index contributed by atoms with van der Waals surface area (Å²) in [7, 11) is 1.38. The summed E-state index contributed by atoms with van der Waals surface area (Å²) < 4.78 is 29.9. The van der Waals surface area contributed by atoms with Crippen LogP contribution in [0, 0.1) is 11.8 Å². The van der Waals surface area contributed by atoms with Gasteiger partial charge in [0.2, 0.25) is 5.79 Å². The van der Waals surface area contributed by atoms with Crippen LogP contribution in [-0.2, 0) is 14.0 Å². The molecule has 6 nitrogen and oxygen atoms in total. The minimum atomic E-state index is -1.00. The number of methoxy groups -OCH3 is 1. The normalized spacial score (nSPS) is 40.9. The smallest absolute Gasteiger partial charge is 0.461 e. The number of esters is 1. The molecule has 4 saturated carbocycles. The molecular formula is C22H27BO6. The average Bonchev–Trinajstić information content (AvgIpc) is 3.32. The molecule has 1 aromatic rings. The summed E-state index contributed by atoms with van der Waals surface area (Å²) >= 11 is 0. The Kier molecular flexibility index (Phi) is 3.55. The second kappa shape index (κ2) is 5.70. The van der Waals surface area contributed by atoms with E-state index >= 15 is 0 Å². The second-order valence-electron chi connectivity index (χ2n) is 10.0. The Morgan fingerprint density at radius 3 is 2.62 bits per heavy atom. The fraction of sp³-hybridized carbons (Fsp3) is 0.682. The van der Waals surface area contributed by atoms with Gasteiger partial charge in [-0.15, -0.1) is 0 Å². The van der Waals surface area contributed by atoms with E-state index in [0.717, 1.165) is 24.3 Å². The lowest BCUT2D eigenvalue weighted by Gasteiger charge is -2.53. The lowest BCUT2D eigenvalue weighted by atomic mass is 9.57. The molecule has 0 spiro atoms. The molecule has 1 aromatic carbocycles. The molecule has 7 heteroatoms. The number of fused-ring (bicyclic) bond motifs is 1. The maximum atomic E-state index is 12.6. The van der Waals surface area contributed by atoms with Crippen LogP contribution in [0.4, 0.5) is 0 Å². The Morgan fingerprint density at radius 1 is 1.10 bits per heavy atom. The van der Waals surface area contributed by atoms with E-state index in [1.807, 2.05) is 12.1 Å². The SMILES string of the molecule is COc1ccc([C@H]2C[C@H]2B2OC3CC4CC(C4)[C@@]3(C)O2)c2c1C(=O)OC(C)(C)O2. The van der Waals surface area contributed by atoms with Gasteiger partial charge in [0, 0.05) is 19.7 Å². The molecule has 29 heavy (non-hydrogen) atoms. The largest absolute Gasteiger partial charge is 0.496 e. The molecule has 6 aliphatic rings. The second-order valence-corrected chi connectivity index (χ2v) is 10.0. The van der Waals surface area contributed by atoms with Crippen LogP contribution in [0.2, 0.25) is 5.82 Å².